The van der Waals surface area contributed by atoms with Crippen LogP contribution in [0.3, 0.4) is 0 Å². The molecule has 5 aliphatic rings. The van der Waals surface area contributed by atoms with Crippen LogP contribution in [-0.2, 0) is 4.79 Å². The van der Waals surface area contributed by atoms with Crippen LogP contribution in [0.15, 0.2) is 23.9 Å². The lowest BCUT2D eigenvalue weighted by Gasteiger charge is -2.73. The van der Waals surface area contributed by atoms with E-state index in [2.05, 4.69) is 66.3 Å². The highest BCUT2D eigenvalue weighted by Crippen LogP contribution is 2.77. The Kier molecular flexibility index (Phi) is 4.94. The van der Waals surface area contributed by atoms with Crippen LogP contribution in [0.4, 0.5) is 0 Å². The molecule has 5 aliphatic carbocycles. The molecule has 186 valence electrons. The van der Waals surface area contributed by atoms with Crippen molar-refractivity contribution in [1.82, 2.24) is 0 Å². The third-order valence-electron chi connectivity index (χ3n) is 13.0. The molecular formula is C32H47NO. The fraction of sp³-hybridized carbons (Fsp3) is 0.812. The van der Waals surface area contributed by atoms with E-state index in [4.69, 9.17) is 13.2 Å². The first kappa shape index (κ1) is 24.3. The van der Waals surface area contributed by atoms with Gasteiger partial charge in [0.2, 0.25) is 5.70 Å². The third kappa shape index (κ3) is 2.82. The van der Waals surface area contributed by atoms with Crippen molar-refractivity contribution in [1.29, 1.82) is 0 Å². The van der Waals surface area contributed by atoms with Crippen LogP contribution in [0.1, 0.15) is 107 Å². The monoisotopic (exact) mass is 461 g/mol. The molecule has 4 fully saturated rings. The molecule has 0 spiro atoms. The third-order valence-corrected chi connectivity index (χ3v) is 13.0. The summed E-state index contributed by atoms with van der Waals surface area (Å²) in [6, 6.07) is 0. The second kappa shape index (κ2) is 6.89. The normalized spacial score (nSPS) is 51.2. The molecule has 0 N–H and O–H groups in total. The maximum absolute atomic E-state index is 13.2. The van der Waals surface area contributed by atoms with Gasteiger partial charge in [-0.3, -0.25) is 0 Å². The summed E-state index contributed by atoms with van der Waals surface area (Å²) in [5, 5.41) is 0. The first-order valence-electron chi connectivity index (χ1n) is 13.9. The summed E-state index contributed by atoms with van der Waals surface area (Å²) in [6.45, 7) is 32.0. The van der Waals surface area contributed by atoms with Crippen molar-refractivity contribution >= 4 is 5.78 Å². The zero-order chi connectivity index (χ0) is 25.1. The number of Topliss-reactive ketones (excluding diaryl/α,β-unsaturated/α-hetero) is 1. The Bertz CT molecular complexity index is 1020. The number of ketones is 1. The van der Waals surface area contributed by atoms with Gasteiger partial charge < -0.3 is 4.79 Å². The molecule has 2 nitrogen and oxygen atoms in total. The Labute approximate surface area is 208 Å². The predicted molar refractivity (Wildman–Crippen MR) is 140 cm³/mol. The van der Waals surface area contributed by atoms with Gasteiger partial charge in [0.05, 0.1) is 6.57 Å². The van der Waals surface area contributed by atoms with Gasteiger partial charge in [-0.05, 0) is 102 Å². The van der Waals surface area contributed by atoms with Crippen molar-refractivity contribution in [3.8, 4) is 0 Å². The van der Waals surface area contributed by atoms with E-state index in [9.17, 15) is 4.79 Å². The second-order valence-corrected chi connectivity index (χ2v) is 15.5. The highest BCUT2D eigenvalue weighted by molar-refractivity contribution is 6.02. The molecule has 0 bridgehead atoms. The Balaban J connectivity index is 1.63. The maximum Gasteiger partial charge on any atom is 0.226 e. The van der Waals surface area contributed by atoms with Crippen molar-refractivity contribution in [2.75, 3.05) is 0 Å². The quantitative estimate of drug-likeness (QED) is 0.261. The highest BCUT2D eigenvalue weighted by atomic mass is 16.1. The second-order valence-electron chi connectivity index (χ2n) is 15.5. The lowest BCUT2D eigenvalue weighted by molar-refractivity contribution is -0.209. The van der Waals surface area contributed by atoms with Crippen LogP contribution >= 0.6 is 0 Å². The minimum Gasteiger partial charge on any atom is -0.307 e. The molecule has 0 aromatic carbocycles. The fourth-order valence-electron chi connectivity index (χ4n) is 10.8. The van der Waals surface area contributed by atoms with E-state index >= 15 is 0 Å². The average molecular weight is 462 g/mol. The summed E-state index contributed by atoms with van der Waals surface area (Å²) in [7, 11) is 0. The molecule has 0 radical (unpaired) electrons. The molecule has 4 saturated carbocycles. The Morgan fingerprint density at radius 3 is 2.21 bits per heavy atom. The molecule has 0 heterocycles. The Hall–Kier alpha value is -1.36. The Morgan fingerprint density at radius 2 is 1.56 bits per heavy atom. The first-order valence-corrected chi connectivity index (χ1v) is 13.9. The van der Waals surface area contributed by atoms with Crippen LogP contribution < -0.4 is 0 Å². The molecule has 34 heavy (non-hydrogen) atoms. The summed E-state index contributed by atoms with van der Waals surface area (Å²) in [4.78, 5) is 17.0. The van der Waals surface area contributed by atoms with Crippen molar-refractivity contribution in [2.24, 2.45) is 56.2 Å². The molecule has 4 unspecified atom stereocenters. The summed E-state index contributed by atoms with van der Waals surface area (Å²) in [5.74, 6) is 2.12. The van der Waals surface area contributed by atoms with Crippen molar-refractivity contribution in [2.45, 2.75) is 107 Å². The lowest BCUT2D eigenvalue weighted by atomic mass is 9.31. The topological polar surface area (TPSA) is 21.4 Å². The van der Waals surface area contributed by atoms with E-state index in [1.165, 1.54) is 44.1 Å². The number of hydrogen-bond donors (Lipinski definition) is 0. The van der Waals surface area contributed by atoms with E-state index in [-0.39, 0.29) is 22.0 Å². The predicted octanol–water partition coefficient (Wildman–Crippen LogP) is 8.65. The molecular weight excluding hydrogens is 414 g/mol. The molecule has 5 rings (SSSR count). The molecule has 0 aliphatic heterocycles. The highest BCUT2D eigenvalue weighted by Gasteiger charge is 2.70. The van der Waals surface area contributed by atoms with E-state index in [0.717, 1.165) is 18.8 Å². The average Bonchev–Trinajstić information content (AvgIpc) is 2.74. The zero-order valence-corrected chi connectivity index (χ0v) is 23.1. The van der Waals surface area contributed by atoms with Gasteiger partial charge in [0.25, 0.3) is 0 Å². The molecule has 2 heteroatoms. The van der Waals surface area contributed by atoms with Crippen molar-refractivity contribution < 1.29 is 4.79 Å². The van der Waals surface area contributed by atoms with Gasteiger partial charge in [0, 0.05) is 5.41 Å². The minimum absolute atomic E-state index is 0.0603. The van der Waals surface area contributed by atoms with Crippen LogP contribution in [-0.4, -0.2) is 5.78 Å². The largest absolute Gasteiger partial charge is 0.307 e. The van der Waals surface area contributed by atoms with Gasteiger partial charge in [-0.2, -0.15) is 0 Å². The number of hydrogen-bond acceptors (Lipinski definition) is 1. The van der Waals surface area contributed by atoms with E-state index in [1.807, 2.05) is 0 Å². The molecule has 0 saturated heterocycles. The smallest absolute Gasteiger partial charge is 0.226 e. The lowest BCUT2D eigenvalue weighted by Crippen LogP contribution is -2.66. The van der Waals surface area contributed by atoms with Crippen LogP contribution in [0.25, 0.3) is 4.85 Å². The van der Waals surface area contributed by atoms with Crippen LogP contribution in [0, 0.1) is 62.7 Å². The summed E-state index contributed by atoms with van der Waals surface area (Å²) in [5.41, 5.74) is 2.57. The number of carbonyl (C=O) groups excluding carboxylic acids is 1. The molecule has 0 aromatic heterocycles. The molecule has 0 aromatic rings. The summed E-state index contributed by atoms with van der Waals surface area (Å²) >= 11 is 0. The van der Waals surface area contributed by atoms with Gasteiger partial charge in [0.15, 0.2) is 5.78 Å². The zero-order valence-electron chi connectivity index (χ0n) is 23.1. The van der Waals surface area contributed by atoms with E-state index < -0.39 is 5.41 Å². The minimum atomic E-state index is -0.470. The van der Waals surface area contributed by atoms with E-state index in [1.54, 1.807) is 0 Å². The van der Waals surface area contributed by atoms with Crippen molar-refractivity contribution in [3.63, 3.8) is 0 Å². The summed E-state index contributed by atoms with van der Waals surface area (Å²) in [6.07, 6.45) is 12.1. The number of fused-ring (bicyclic) bond motifs is 7. The summed E-state index contributed by atoms with van der Waals surface area (Å²) < 4.78 is 0. The van der Waals surface area contributed by atoms with E-state index in [0.29, 0.717) is 34.3 Å². The van der Waals surface area contributed by atoms with Crippen LogP contribution in [0.5, 0.6) is 0 Å². The van der Waals surface area contributed by atoms with Gasteiger partial charge in [-0.25, -0.2) is 4.85 Å². The number of allylic oxidation sites excluding steroid dienone is 3. The van der Waals surface area contributed by atoms with Gasteiger partial charge >= 0.3 is 0 Å². The SMILES string of the molecule is [C-]#[N+]C1=C[C@]2(C)C3CC(=C)C4C5CC(C)(C)CCC5(C)CC[C@@]4(C)[C@]3(C)CC[C@H]2C(C)(C)C1=O. The standard InChI is InChI=1S/C32H47NO/c1-20-17-24-30(7)19-22(33-10)26(34)28(4,5)23(30)11-12-31(24,8)32(9)16-15-29(6)14-13-27(2,3)18-21(29)25(20)32/h19,21,23-25H,1,11-18H2,2-9H3/t21?,23-,24?,25?,29?,30-,31+,32+/m0/s1. The Morgan fingerprint density at radius 1 is 0.912 bits per heavy atom. The van der Waals surface area contributed by atoms with Crippen molar-refractivity contribution in [3.05, 3.63) is 35.3 Å². The number of nitrogens with zero attached hydrogens (tertiary/aromatic N) is 1. The van der Waals surface area contributed by atoms with Gasteiger partial charge in [0.1, 0.15) is 0 Å². The van der Waals surface area contributed by atoms with Gasteiger partial charge in [-0.1, -0.05) is 73.6 Å². The maximum atomic E-state index is 13.2. The van der Waals surface area contributed by atoms with Gasteiger partial charge in [-0.15, -0.1) is 0 Å². The number of rotatable bonds is 0. The first-order chi connectivity index (χ1) is 15.6. The fourth-order valence-corrected chi connectivity index (χ4v) is 10.8. The number of carbonyl (C=O) groups is 1. The van der Waals surface area contributed by atoms with Crippen LogP contribution in [0.2, 0.25) is 0 Å². The molecule has 0 amide bonds. The molecule has 8 atom stereocenters.